The Labute approximate surface area is 127 Å². The van der Waals surface area contributed by atoms with Gasteiger partial charge in [-0.25, -0.2) is 0 Å². The lowest BCUT2D eigenvalue weighted by molar-refractivity contribution is 0.0664. The van der Waals surface area contributed by atoms with Crippen molar-refractivity contribution < 1.29 is 4.79 Å². The van der Waals surface area contributed by atoms with E-state index in [1.807, 2.05) is 17.0 Å². The second-order valence-corrected chi connectivity index (χ2v) is 6.76. The summed E-state index contributed by atoms with van der Waals surface area (Å²) in [6.45, 7) is 9.89. The van der Waals surface area contributed by atoms with Crippen molar-refractivity contribution in [1.82, 2.24) is 14.8 Å². The normalized spacial score (nSPS) is 17.4. The summed E-state index contributed by atoms with van der Waals surface area (Å²) in [6.07, 6.45) is 5.81. The third-order valence-electron chi connectivity index (χ3n) is 3.57. The molecule has 0 saturated carbocycles. The van der Waals surface area contributed by atoms with Gasteiger partial charge in [-0.1, -0.05) is 26.8 Å². The van der Waals surface area contributed by atoms with Crippen LogP contribution in [0.4, 0.5) is 0 Å². The number of hydrogen-bond acceptors (Lipinski definition) is 3. The summed E-state index contributed by atoms with van der Waals surface area (Å²) in [4.78, 5) is 21.0. The van der Waals surface area contributed by atoms with Crippen LogP contribution in [0.15, 0.2) is 24.4 Å². The third kappa shape index (κ3) is 4.67. The predicted octanol–water partition coefficient (Wildman–Crippen LogP) is 2.53. The second kappa shape index (κ2) is 6.39. The Balaban J connectivity index is 2.10. The second-order valence-electron chi connectivity index (χ2n) is 6.76. The maximum atomic E-state index is 12.5. The Hall–Kier alpha value is -1.68. The minimum atomic E-state index is 0.107. The fourth-order valence-corrected chi connectivity index (χ4v) is 2.20. The van der Waals surface area contributed by atoms with E-state index in [2.05, 4.69) is 43.8 Å². The smallest absolute Gasteiger partial charge is 0.254 e. The van der Waals surface area contributed by atoms with E-state index in [0.29, 0.717) is 0 Å². The van der Waals surface area contributed by atoms with Gasteiger partial charge >= 0.3 is 0 Å². The van der Waals surface area contributed by atoms with Crippen LogP contribution in [-0.2, 0) is 0 Å². The van der Waals surface area contributed by atoms with Gasteiger partial charge in [0.25, 0.3) is 5.91 Å². The summed E-state index contributed by atoms with van der Waals surface area (Å²) in [7, 11) is 2.09. The number of hydrogen-bond donors (Lipinski definition) is 0. The van der Waals surface area contributed by atoms with Crippen LogP contribution in [0.3, 0.4) is 0 Å². The SMILES string of the molecule is CN1CCN(C(=O)c2ccnc(C=CC(C)(C)C)c2)CC1. The molecule has 0 spiro atoms. The zero-order valence-corrected chi connectivity index (χ0v) is 13.5. The van der Waals surface area contributed by atoms with Crippen LogP contribution in [-0.4, -0.2) is 53.9 Å². The zero-order chi connectivity index (χ0) is 15.5. The van der Waals surface area contributed by atoms with E-state index < -0.39 is 0 Å². The molecule has 0 radical (unpaired) electrons. The Bertz CT molecular complexity index is 523. The molecule has 2 heterocycles. The molecule has 0 atom stereocenters. The highest BCUT2D eigenvalue weighted by Gasteiger charge is 2.20. The molecule has 1 saturated heterocycles. The van der Waals surface area contributed by atoms with Crippen LogP contribution >= 0.6 is 0 Å². The summed E-state index contributed by atoms with van der Waals surface area (Å²) in [5, 5.41) is 0. The van der Waals surface area contributed by atoms with E-state index in [1.54, 1.807) is 12.3 Å². The maximum Gasteiger partial charge on any atom is 0.254 e. The number of carbonyl (C=O) groups is 1. The molecule has 0 bridgehead atoms. The van der Waals surface area contributed by atoms with Crippen molar-refractivity contribution in [3.8, 4) is 0 Å². The molecule has 0 aliphatic carbocycles. The van der Waals surface area contributed by atoms with Crippen LogP contribution in [0, 0.1) is 5.41 Å². The first kappa shape index (κ1) is 15.7. The molecule has 1 aromatic rings. The molecule has 1 aliphatic rings. The number of allylic oxidation sites excluding steroid dienone is 1. The molecule has 0 N–H and O–H groups in total. The number of amides is 1. The average molecular weight is 287 g/mol. The Morgan fingerprint density at radius 2 is 1.90 bits per heavy atom. The summed E-state index contributed by atoms with van der Waals surface area (Å²) in [6, 6.07) is 3.68. The van der Waals surface area contributed by atoms with Gasteiger partial charge in [-0.15, -0.1) is 0 Å². The van der Waals surface area contributed by atoms with Crippen molar-refractivity contribution in [2.75, 3.05) is 33.2 Å². The molecule has 1 amide bonds. The summed E-state index contributed by atoms with van der Waals surface area (Å²) in [5.41, 5.74) is 1.67. The van der Waals surface area contributed by atoms with Gasteiger partial charge in [0.2, 0.25) is 0 Å². The zero-order valence-electron chi connectivity index (χ0n) is 13.5. The summed E-state index contributed by atoms with van der Waals surface area (Å²) < 4.78 is 0. The van der Waals surface area contributed by atoms with Crippen LogP contribution < -0.4 is 0 Å². The Morgan fingerprint density at radius 1 is 1.24 bits per heavy atom. The first-order valence-corrected chi connectivity index (χ1v) is 7.48. The Morgan fingerprint density at radius 3 is 2.52 bits per heavy atom. The highest BCUT2D eigenvalue weighted by Crippen LogP contribution is 2.17. The first-order chi connectivity index (χ1) is 9.85. The lowest BCUT2D eigenvalue weighted by atomic mass is 9.96. The van der Waals surface area contributed by atoms with Gasteiger partial charge in [0.1, 0.15) is 0 Å². The van der Waals surface area contributed by atoms with E-state index in [-0.39, 0.29) is 11.3 Å². The highest BCUT2D eigenvalue weighted by atomic mass is 16.2. The van der Waals surface area contributed by atoms with Crippen molar-refractivity contribution >= 4 is 12.0 Å². The molecule has 4 nitrogen and oxygen atoms in total. The van der Waals surface area contributed by atoms with Crippen LogP contribution in [0.2, 0.25) is 0 Å². The topological polar surface area (TPSA) is 36.4 Å². The number of pyridine rings is 1. The number of rotatable bonds is 2. The minimum Gasteiger partial charge on any atom is -0.336 e. The van der Waals surface area contributed by atoms with Crippen molar-refractivity contribution in [2.45, 2.75) is 20.8 Å². The van der Waals surface area contributed by atoms with E-state index >= 15 is 0 Å². The molecule has 2 rings (SSSR count). The lowest BCUT2D eigenvalue weighted by Crippen LogP contribution is -2.47. The fourth-order valence-electron chi connectivity index (χ4n) is 2.20. The summed E-state index contributed by atoms with van der Waals surface area (Å²) >= 11 is 0. The molecular weight excluding hydrogens is 262 g/mol. The molecular formula is C17H25N3O. The van der Waals surface area contributed by atoms with E-state index in [0.717, 1.165) is 37.4 Å². The van der Waals surface area contributed by atoms with Gasteiger partial charge in [0.15, 0.2) is 0 Å². The lowest BCUT2D eigenvalue weighted by Gasteiger charge is -2.32. The molecule has 1 aromatic heterocycles. The quantitative estimate of drug-likeness (QED) is 0.838. The number of carbonyl (C=O) groups excluding carboxylic acids is 1. The Kier molecular flexibility index (Phi) is 4.78. The number of nitrogens with zero attached hydrogens (tertiary/aromatic N) is 3. The number of likely N-dealkylation sites (N-methyl/N-ethyl adjacent to an activating group) is 1. The third-order valence-corrected chi connectivity index (χ3v) is 3.57. The van der Waals surface area contributed by atoms with Gasteiger partial charge in [0.05, 0.1) is 5.69 Å². The van der Waals surface area contributed by atoms with Crippen LogP contribution in [0.25, 0.3) is 6.08 Å². The minimum absolute atomic E-state index is 0.107. The van der Waals surface area contributed by atoms with Gasteiger partial charge in [-0.3, -0.25) is 9.78 Å². The molecule has 21 heavy (non-hydrogen) atoms. The number of piperazine rings is 1. The van der Waals surface area contributed by atoms with Gasteiger partial charge in [-0.05, 0) is 30.7 Å². The van der Waals surface area contributed by atoms with Crippen molar-refractivity contribution in [1.29, 1.82) is 0 Å². The van der Waals surface area contributed by atoms with Crippen molar-refractivity contribution in [2.24, 2.45) is 5.41 Å². The van der Waals surface area contributed by atoms with E-state index in [9.17, 15) is 4.79 Å². The van der Waals surface area contributed by atoms with Crippen LogP contribution in [0.1, 0.15) is 36.8 Å². The monoisotopic (exact) mass is 287 g/mol. The molecule has 114 valence electrons. The van der Waals surface area contributed by atoms with Crippen LogP contribution in [0.5, 0.6) is 0 Å². The van der Waals surface area contributed by atoms with Crippen molar-refractivity contribution in [3.05, 3.63) is 35.7 Å². The van der Waals surface area contributed by atoms with E-state index in [4.69, 9.17) is 0 Å². The van der Waals surface area contributed by atoms with Gasteiger partial charge in [0, 0.05) is 37.9 Å². The van der Waals surface area contributed by atoms with Gasteiger partial charge in [-0.2, -0.15) is 0 Å². The molecule has 1 fully saturated rings. The fraction of sp³-hybridized carbons (Fsp3) is 0.529. The maximum absolute atomic E-state index is 12.5. The average Bonchev–Trinajstić information content (AvgIpc) is 2.45. The molecule has 0 aromatic carbocycles. The first-order valence-electron chi connectivity index (χ1n) is 7.48. The molecule has 4 heteroatoms. The highest BCUT2D eigenvalue weighted by molar-refractivity contribution is 5.94. The standard InChI is InChI=1S/C17H25N3O/c1-17(2,3)7-5-15-13-14(6-8-18-15)16(21)20-11-9-19(4)10-12-20/h5-8,13H,9-12H2,1-4H3. The molecule has 1 aliphatic heterocycles. The van der Waals surface area contributed by atoms with Crippen molar-refractivity contribution in [3.63, 3.8) is 0 Å². The number of aromatic nitrogens is 1. The molecule has 0 unspecified atom stereocenters. The largest absolute Gasteiger partial charge is 0.336 e. The van der Waals surface area contributed by atoms with E-state index in [1.165, 1.54) is 0 Å². The van der Waals surface area contributed by atoms with Gasteiger partial charge < -0.3 is 9.80 Å². The summed E-state index contributed by atoms with van der Waals surface area (Å²) in [5.74, 6) is 0.107. The predicted molar refractivity (Wildman–Crippen MR) is 86.1 cm³/mol.